The summed E-state index contributed by atoms with van der Waals surface area (Å²) in [5, 5.41) is 8.21. The van der Waals surface area contributed by atoms with E-state index >= 15 is 0 Å². The first-order chi connectivity index (χ1) is 15.7. The zero-order valence-corrected chi connectivity index (χ0v) is 17.0. The quantitative estimate of drug-likeness (QED) is 0.261. The maximum absolute atomic E-state index is 13.6. The van der Waals surface area contributed by atoms with Crippen LogP contribution in [0.1, 0.15) is 11.1 Å². The number of halogens is 2. The van der Waals surface area contributed by atoms with E-state index in [2.05, 4.69) is 21.1 Å². The number of hydrogen-bond donors (Lipinski definition) is 2. The molecule has 4 nitrogen and oxygen atoms in total. The minimum atomic E-state index is -0.355. The Morgan fingerprint density at radius 2 is 1.09 bits per heavy atom. The van der Waals surface area contributed by atoms with Crippen LogP contribution in [0.3, 0.4) is 0 Å². The van der Waals surface area contributed by atoms with Crippen LogP contribution >= 0.6 is 0 Å². The Balaban J connectivity index is 1.40. The lowest BCUT2D eigenvalue weighted by atomic mass is 10.0. The van der Waals surface area contributed by atoms with Crippen LogP contribution in [0.2, 0.25) is 0 Å². The van der Waals surface area contributed by atoms with Crippen LogP contribution in [-0.2, 0) is 0 Å². The Bertz CT molecular complexity index is 1250. The molecule has 158 valence electrons. The van der Waals surface area contributed by atoms with Gasteiger partial charge in [0.1, 0.15) is 11.6 Å². The van der Waals surface area contributed by atoms with Gasteiger partial charge in [-0.15, -0.1) is 0 Å². The molecule has 2 N–H and O–H groups in total. The number of hydrazone groups is 2. The second kappa shape index (κ2) is 10.1. The van der Waals surface area contributed by atoms with Gasteiger partial charge in [-0.1, -0.05) is 66.7 Å². The fourth-order valence-corrected chi connectivity index (χ4v) is 3.02. The highest BCUT2D eigenvalue weighted by molar-refractivity contribution is 5.84. The van der Waals surface area contributed by atoms with Gasteiger partial charge in [0.15, 0.2) is 0 Å². The van der Waals surface area contributed by atoms with E-state index in [9.17, 15) is 8.78 Å². The molecule has 0 radical (unpaired) electrons. The highest BCUT2D eigenvalue weighted by Gasteiger charge is 2.01. The molecule has 0 aliphatic heterocycles. The summed E-state index contributed by atoms with van der Waals surface area (Å²) in [6, 6.07) is 28.4. The number of rotatable bonds is 7. The van der Waals surface area contributed by atoms with Crippen LogP contribution in [0.5, 0.6) is 0 Å². The summed E-state index contributed by atoms with van der Waals surface area (Å²) < 4.78 is 27.3. The van der Waals surface area contributed by atoms with Crippen molar-refractivity contribution < 1.29 is 8.78 Å². The average molecular weight is 426 g/mol. The van der Waals surface area contributed by atoms with Gasteiger partial charge in [-0.25, -0.2) is 8.78 Å². The maximum Gasteiger partial charge on any atom is 0.148 e. The zero-order valence-electron chi connectivity index (χ0n) is 17.0. The Morgan fingerprint density at radius 1 is 0.531 bits per heavy atom. The summed E-state index contributed by atoms with van der Waals surface area (Å²) in [4.78, 5) is 0. The number of nitrogens with zero attached hydrogens (tertiary/aromatic N) is 2. The summed E-state index contributed by atoms with van der Waals surface area (Å²) >= 11 is 0. The highest BCUT2D eigenvalue weighted by atomic mass is 19.1. The normalized spacial score (nSPS) is 11.2. The lowest BCUT2D eigenvalue weighted by Crippen LogP contribution is -1.94. The first kappa shape index (κ1) is 20.9. The summed E-state index contributed by atoms with van der Waals surface area (Å²) in [5.41, 5.74) is 9.87. The van der Waals surface area contributed by atoms with E-state index in [0.29, 0.717) is 11.4 Å². The predicted octanol–water partition coefficient (Wildman–Crippen LogP) is 6.52. The van der Waals surface area contributed by atoms with E-state index < -0.39 is 0 Å². The fourth-order valence-electron chi connectivity index (χ4n) is 3.02. The van der Waals surface area contributed by atoms with Gasteiger partial charge in [0.25, 0.3) is 0 Å². The van der Waals surface area contributed by atoms with Gasteiger partial charge in [-0.2, -0.15) is 10.2 Å². The first-order valence-corrected chi connectivity index (χ1v) is 9.97. The number of nitrogens with one attached hydrogen (secondary N) is 2. The van der Waals surface area contributed by atoms with Crippen molar-refractivity contribution in [2.24, 2.45) is 10.2 Å². The van der Waals surface area contributed by atoms with Crippen LogP contribution in [-0.4, -0.2) is 12.4 Å². The fraction of sp³-hybridized carbons (Fsp3) is 0. The van der Waals surface area contributed by atoms with Gasteiger partial charge in [0.05, 0.1) is 23.8 Å². The van der Waals surface area contributed by atoms with E-state index in [1.807, 2.05) is 48.5 Å². The summed E-state index contributed by atoms with van der Waals surface area (Å²) in [6.07, 6.45) is 3.28. The zero-order chi connectivity index (χ0) is 22.2. The number of anilines is 2. The predicted molar refractivity (Wildman–Crippen MR) is 127 cm³/mol. The van der Waals surface area contributed by atoms with Crippen molar-refractivity contribution in [3.8, 4) is 11.1 Å². The van der Waals surface area contributed by atoms with Crippen molar-refractivity contribution in [1.29, 1.82) is 0 Å². The van der Waals surface area contributed by atoms with Gasteiger partial charge in [-0.05, 0) is 52.6 Å². The largest absolute Gasteiger partial charge is 0.276 e. The second-order valence-electron chi connectivity index (χ2n) is 6.95. The minimum Gasteiger partial charge on any atom is -0.276 e. The monoisotopic (exact) mass is 426 g/mol. The third kappa shape index (κ3) is 5.43. The lowest BCUT2D eigenvalue weighted by molar-refractivity contribution is 0.630. The van der Waals surface area contributed by atoms with Gasteiger partial charge < -0.3 is 0 Å². The molecule has 4 aromatic rings. The first-order valence-electron chi connectivity index (χ1n) is 9.97. The van der Waals surface area contributed by atoms with Gasteiger partial charge in [0, 0.05) is 0 Å². The Kier molecular flexibility index (Phi) is 6.63. The molecule has 0 saturated heterocycles. The molecule has 0 bridgehead atoms. The third-order valence-electron chi connectivity index (χ3n) is 4.68. The Morgan fingerprint density at radius 3 is 1.69 bits per heavy atom. The molecule has 0 aliphatic rings. The number of para-hydroxylation sites is 2. The van der Waals surface area contributed by atoms with E-state index in [1.54, 1.807) is 48.8 Å². The molecular formula is C26H20F2N4. The Labute approximate surface area is 184 Å². The number of benzene rings is 4. The number of hydrogen-bond acceptors (Lipinski definition) is 4. The molecule has 0 saturated carbocycles. The molecule has 32 heavy (non-hydrogen) atoms. The van der Waals surface area contributed by atoms with Crippen LogP contribution in [0.25, 0.3) is 11.1 Å². The van der Waals surface area contributed by atoms with Crippen LogP contribution in [0.15, 0.2) is 107 Å². The highest BCUT2D eigenvalue weighted by Crippen LogP contribution is 2.21. The topological polar surface area (TPSA) is 48.8 Å². The van der Waals surface area contributed by atoms with Crippen molar-refractivity contribution in [3.63, 3.8) is 0 Å². The van der Waals surface area contributed by atoms with Crippen molar-refractivity contribution >= 4 is 23.8 Å². The van der Waals surface area contributed by atoms with Crippen LogP contribution in [0, 0.1) is 11.6 Å². The lowest BCUT2D eigenvalue weighted by Gasteiger charge is -2.05. The van der Waals surface area contributed by atoms with Gasteiger partial charge >= 0.3 is 0 Å². The molecular weight excluding hydrogens is 406 g/mol. The molecule has 0 heterocycles. The molecule has 0 aliphatic carbocycles. The molecule has 0 fully saturated rings. The summed E-state index contributed by atoms with van der Waals surface area (Å²) in [6.45, 7) is 0. The second-order valence-corrected chi connectivity index (χ2v) is 6.95. The molecule has 0 atom stereocenters. The van der Waals surface area contributed by atoms with Crippen molar-refractivity contribution in [1.82, 2.24) is 0 Å². The standard InChI is InChI=1S/C26H20F2N4/c27-23-8-1-3-10-25(23)31-29-17-19-12-14-21(15-13-19)22-7-5-6-20(16-22)18-30-32-26-11-4-2-9-24(26)28/h1-18,31-32H/b29-17+,30-18+. The minimum absolute atomic E-state index is 0.321. The Hall–Kier alpha value is -4.32. The maximum atomic E-state index is 13.6. The van der Waals surface area contributed by atoms with Crippen molar-refractivity contribution in [2.75, 3.05) is 10.9 Å². The van der Waals surface area contributed by atoms with E-state index in [1.165, 1.54) is 12.1 Å². The van der Waals surface area contributed by atoms with E-state index in [4.69, 9.17) is 0 Å². The van der Waals surface area contributed by atoms with Crippen molar-refractivity contribution in [3.05, 3.63) is 120 Å². The molecule has 0 amide bonds. The van der Waals surface area contributed by atoms with E-state index in [-0.39, 0.29) is 11.6 Å². The average Bonchev–Trinajstić information content (AvgIpc) is 2.82. The van der Waals surface area contributed by atoms with E-state index in [0.717, 1.165) is 22.3 Å². The van der Waals surface area contributed by atoms with Gasteiger partial charge in [-0.3, -0.25) is 10.9 Å². The SMILES string of the molecule is Fc1ccccc1N/N=C/c1ccc(-c2cccc(/C=N/Nc3ccccc3F)c2)cc1. The van der Waals surface area contributed by atoms with Crippen molar-refractivity contribution in [2.45, 2.75) is 0 Å². The smallest absolute Gasteiger partial charge is 0.148 e. The molecule has 0 unspecified atom stereocenters. The molecule has 4 rings (SSSR count). The summed E-state index contributed by atoms with van der Waals surface area (Å²) in [5.74, 6) is -0.710. The van der Waals surface area contributed by atoms with Crippen LogP contribution < -0.4 is 10.9 Å². The molecule has 6 heteroatoms. The molecule has 4 aromatic carbocycles. The molecule has 0 aromatic heterocycles. The van der Waals surface area contributed by atoms with Gasteiger partial charge in [0.2, 0.25) is 0 Å². The summed E-state index contributed by atoms with van der Waals surface area (Å²) in [7, 11) is 0. The molecule has 0 spiro atoms. The third-order valence-corrected chi connectivity index (χ3v) is 4.68. The van der Waals surface area contributed by atoms with Crippen LogP contribution in [0.4, 0.5) is 20.2 Å².